The monoisotopic (exact) mass is 221 g/mol. The van der Waals surface area contributed by atoms with Gasteiger partial charge >= 0.3 is 5.78 Å². The quantitative estimate of drug-likeness (QED) is 0.299. The predicted molar refractivity (Wildman–Crippen MR) is 34.8 cm³/mol. The molecule has 0 aromatic heterocycles. The molecule has 0 saturated heterocycles. The maximum absolute atomic E-state index is 8.40. The predicted octanol–water partition coefficient (Wildman–Crippen LogP) is 0.632. The molecule has 0 amide bonds. The fourth-order valence-electron chi connectivity index (χ4n) is 0.302. The fraction of sp³-hybridized carbons (Fsp3) is 0.400. The summed E-state index contributed by atoms with van der Waals surface area (Å²) >= 11 is 0. The van der Waals surface area contributed by atoms with Crippen LogP contribution in [0.4, 0.5) is 0 Å². The minimum atomic E-state index is 0. The molecule has 0 bridgehead atoms. The molecule has 2 nitrogen and oxygen atoms in total. The van der Waals surface area contributed by atoms with Crippen molar-refractivity contribution in [3.05, 3.63) is 11.8 Å². The summed E-state index contributed by atoms with van der Waals surface area (Å²) in [5.41, 5.74) is 0. The summed E-state index contributed by atoms with van der Waals surface area (Å²) in [6.45, 7) is 3.00. The first kappa shape index (κ1) is 10.9. The molecule has 0 saturated carbocycles. The van der Waals surface area contributed by atoms with E-state index in [1.807, 2.05) is 0 Å². The molecule has 0 atom stereocenters. The van der Waals surface area contributed by atoms with Crippen molar-refractivity contribution in [2.75, 3.05) is 0 Å². The molecule has 0 heterocycles. The zero-order valence-electron chi connectivity index (χ0n) is 4.97. The molecule has 0 fully saturated rings. The average Bonchev–Trinajstić information content (AvgIpc) is 1.27. The van der Waals surface area contributed by atoms with Crippen LogP contribution in [0.5, 0.6) is 0 Å². The number of ketones is 1. The molecule has 0 rings (SSSR count). The standard InChI is InChI=1S/C5H8O2.Sn/c1-4(6)3-5(2)7;/h3,6H,1-2H3;/p+1/b4-3-;. The van der Waals surface area contributed by atoms with E-state index in [9.17, 15) is 0 Å². The van der Waals surface area contributed by atoms with Crippen LogP contribution in [0.25, 0.3) is 0 Å². The smallest absolute Gasteiger partial charge is 0.316 e. The third-order valence-corrected chi connectivity index (χ3v) is 0.418. The normalized spacial score (nSPS) is 10.0. The van der Waals surface area contributed by atoms with Gasteiger partial charge in [-0.2, -0.15) is 0 Å². The van der Waals surface area contributed by atoms with Gasteiger partial charge in [-0.1, -0.05) is 0 Å². The van der Waals surface area contributed by atoms with Gasteiger partial charge in [0.15, 0.2) is 0 Å². The molecule has 0 aliphatic carbocycles. The van der Waals surface area contributed by atoms with Crippen LogP contribution in [0, 0.1) is 0 Å². The van der Waals surface area contributed by atoms with Gasteiger partial charge in [0.05, 0.1) is 18.8 Å². The summed E-state index contributed by atoms with van der Waals surface area (Å²) in [6.07, 6.45) is 1.28. The summed E-state index contributed by atoms with van der Waals surface area (Å²) < 4.78 is 0. The van der Waals surface area contributed by atoms with E-state index in [4.69, 9.17) is 9.90 Å². The van der Waals surface area contributed by atoms with Gasteiger partial charge in [-0.3, -0.25) is 4.79 Å². The molecule has 0 aromatic carbocycles. The van der Waals surface area contributed by atoms with Crippen molar-refractivity contribution >= 4 is 29.7 Å². The molecule has 2 N–H and O–H groups in total. The minimum absolute atomic E-state index is 0. The topological polar surface area (TPSA) is 41.6 Å². The summed E-state index contributed by atoms with van der Waals surface area (Å²) in [5, 5.41) is 8.40. The molecule has 44 valence electrons. The first-order valence-electron chi connectivity index (χ1n) is 2.02. The van der Waals surface area contributed by atoms with E-state index >= 15 is 0 Å². The minimum Gasteiger partial charge on any atom is -0.512 e. The molecule has 0 aromatic rings. The Morgan fingerprint density at radius 3 is 1.88 bits per heavy atom. The number of carbonyl (C=O) groups excluding carboxylic acids is 1. The Hall–Kier alpha value is 0.00870. The van der Waals surface area contributed by atoms with E-state index in [1.165, 1.54) is 19.9 Å². The van der Waals surface area contributed by atoms with Crippen molar-refractivity contribution in [2.45, 2.75) is 13.8 Å². The van der Waals surface area contributed by atoms with Gasteiger partial charge in [0.2, 0.25) is 0 Å². The van der Waals surface area contributed by atoms with E-state index in [0.29, 0.717) is 0 Å². The number of hydrogen-bond donors (Lipinski definition) is 1. The maximum Gasteiger partial charge on any atom is 0.316 e. The Bertz CT molecular complexity index is 103. The van der Waals surface area contributed by atoms with Gasteiger partial charge in [0.1, 0.15) is 0 Å². The molecule has 3 heteroatoms. The molecule has 0 aliphatic rings. The maximum atomic E-state index is 8.40. The summed E-state index contributed by atoms with van der Waals surface area (Å²) in [6, 6.07) is 0. The van der Waals surface area contributed by atoms with E-state index in [2.05, 4.69) is 0 Å². The van der Waals surface area contributed by atoms with Crippen LogP contribution in [0.2, 0.25) is 0 Å². The number of aliphatic hydroxyl groups excluding tert-OH is 1. The first-order chi connectivity index (χ1) is 3.13. The fourth-order valence-corrected chi connectivity index (χ4v) is 0.302. The number of aliphatic hydroxyl groups is 1. The number of allylic oxidation sites excluding steroid dienone is 2. The summed E-state index contributed by atoms with van der Waals surface area (Å²) in [5.74, 6) is 0.250. The van der Waals surface area contributed by atoms with Gasteiger partial charge in [0, 0.05) is 23.9 Å². The van der Waals surface area contributed by atoms with Gasteiger partial charge < -0.3 is 5.11 Å². The van der Waals surface area contributed by atoms with Crippen LogP contribution >= 0.6 is 0 Å². The number of rotatable bonds is 1. The van der Waals surface area contributed by atoms with Crippen molar-refractivity contribution in [3.8, 4) is 0 Å². The van der Waals surface area contributed by atoms with Crippen LogP contribution in [-0.4, -0.2) is 39.6 Å². The van der Waals surface area contributed by atoms with Gasteiger partial charge in [0.25, 0.3) is 0 Å². The zero-order chi connectivity index (χ0) is 5.86. The van der Waals surface area contributed by atoms with Gasteiger partial charge in [-0.25, -0.2) is 0 Å². The molecule has 4 radical (unpaired) electrons. The second-order valence-electron chi connectivity index (χ2n) is 1.43. The van der Waals surface area contributed by atoms with E-state index in [-0.39, 0.29) is 35.4 Å². The molecule has 0 aliphatic heterocycles. The largest absolute Gasteiger partial charge is 0.512 e. The second-order valence-corrected chi connectivity index (χ2v) is 1.43. The van der Waals surface area contributed by atoms with E-state index in [1.54, 1.807) is 0 Å². The van der Waals surface area contributed by atoms with Crippen LogP contribution in [-0.2, 0) is 0 Å². The van der Waals surface area contributed by atoms with Crippen LogP contribution in [0.3, 0.4) is 0 Å². The zero-order valence-corrected chi connectivity index (χ0v) is 7.83. The second kappa shape index (κ2) is 5.15. The third-order valence-electron chi connectivity index (χ3n) is 0.418. The van der Waals surface area contributed by atoms with E-state index < -0.39 is 0 Å². The van der Waals surface area contributed by atoms with E-state index in [0.717, 1.165) is 0 Å². The van der Waals surface area contributed by atoms with Crippen molar-refractivity contribution in [2.24, 2.45) is 0 Å². The van der Waals surface area contributed by atoms with Crippen LogP contribution < -0.4 is 0 Å². The molecular formula is C5H9O2Sn+. The Balaban J connectivity index is 0. The molecule has 0 unspecified atom stereocenters. The Kier molecular flexibility index (Phi) is 7.02. The third kappa shape index (κ3) is 9.38. The Labute approximate surface area is 65.5 Å². The van der Waals surface area contributed by atoms with Crippen molar-refractivity contribution < 1.29 is 9.90 Å². The average molecular weight is 220 g/mol. The first-order valence-corrected chi connectivity index (χ1v) is 2.02. The SMILES string of the molecule is CC(=[OH+])/C=C(/C)O.[Sn]. The Morgan fingerprint density at radius 1 is 1.50 bits per heavy atom. The Morgan fingerprint density at radius 2 is 1.88 bits per heavy atom. The van der Waals surface area contributed by atoms with Crippen LogP contribution in [0.15, 0.2) is 11.8 Å². The summed E-state index contributed by atoms with van der Waals surface area (Å²) in [4.78, 5) is 8.40. The number of hydrogen-bond acceptors (Lipinski definition) is 1. The molecule has 8 heavy (non-hydrogen) atoms. The van der Waals surface area contributed by atoms with Crippen molar-refractivity contribution in [1.29, 1.82) is 0 Å². The molecular weight excluding hydrogens is 211 g/mol. The van der Waals surface area contributed by atoms with Crippen LogP contribution in [0.1, 0.15) is 13.8 Å². The van der Waals surface area contributed by atoms with Gasteiger partial charge in [-0.15, -0.1) is 0 Å². The summed E-state index contributed by atoms with van der Waals surface area (Å²) in [7, 11) is 0. The van der Waals surface area contributed by atoms with Crippen molar-refractivity contribution in [1.82, 2.24) is 0 Å². The van der Waals surface area contributed by atoms with Gasteiger partial charge in [-0.05, 0) is 6.92 Å². The van der Waals surface area contributed by atoms with Crippen molar-refractivity contribution in [3.63, 3.8) is 0 Å². The molecule has 0 spiro atoms.